The zero-order chi connectivity index (χ0) is 17.9. The number of nitrogens with one attached hydrogen (secondary N) is 1. The second kappa shape index (κ2) is 7.61. The van der Waals surface area contributed by atoms with Crippen LogP contribution in [0.3, 0.4) is 0 Å². The molecule has 3 rings (SSSR count). The number of nitrogens with zero attached hydrogens (tertiary/aromatic N) is 2. The number of ether oxygens (including phenoxy) is 1. The van der Waals surface area contributed by atoms with Gasteiger partial charge in [-0.25, -0.2) is 13.1 Å². The van der Waals surface area contributed by atoms with Crippen LogP contribution in [0.2, 0.25) is 0 Å². The van der Waals surface area contributed by atoms with Gasteiger partial charge in [0.25, 0.3) is 11.8 Å². The number of carbonyl (C=O) groups is 2. The van der Waals surface area contributed by atoms with Crippen molar-refractivity contribution in [3.8, 4) is 0 Å². The normalized spacial score (nSPS) is 18.6. The van der Waals surface area contributed by atoms with Gasteiger partial charge in [-0.1, -0.05) is 12.1 Å². The van der Waals surface area contributed by atoms with E-state index < -0.39 is 21.8 Å². The highest BCUT2D eigenvalue weighted by molar-refractivity contribution is 7.89. The van der Waals surface area contributed by atoms with E-state index >= 15 is 0 Å². The third-order valence-electron chi connectivity index (χ3n) is 4.32. The molecule has 2 aliphatic heterocycles. The Morgan fingerprint density at radius 3 is 2.20 bits per heavy atom. The Bertz CT molecular complexity index is 724. The van der Waals surface area contributed by atoms with Gasteiger partial charge in [-0.3, -0.25) is 19.4 Å². The Morgan fingerprint density at radius 1 is 1.00 bits per heavy atom. The van der Waals surface area contributed by atoms with Gasteiger partial charge in [-0.15, -0.1) is 0 Å². The Balaban J connectivity index is 1.49. The number of rotatable bonds is 7. The summed E-state index contributed by atoms with van der Waals surface area (Å²) in [5.41, 5.74) is 0.648. The molecule has 1 N–H and O–H groups in total. The number of benzene rings is 1. The lowest BCUT2D eigenvalue weighted by molar-refractivity contribution is 0.0390. The second-order valence-electron chi connectivity index (χ2n) is 5.97. The van der Waals surface area contributed by atoms with Crippen LogP contribution in [0.4, 0.5) is 0 Å². The van der Waals surface area contributed by atoms with E-state index in [9.17, 15) is 18.0 Å². The molecule has 0 radical (unpaired) electrons. The Morgan fingerprint density at radius 2 is 1.60 bits per heavy atom. The van der Waals surface area contributed by atoms with E-state index in [1.807, 2.05) is 0 Å². The van der Waals surface area contributed by atoms with Crippen molar-refractivity contribution in [2.45, 2.75) is 0 Å². The molecule has 0 unspecified atom stereocenters. The maximum atomic E-state index is 12.2. The topological polar surface area (TPSA) is 96.0 Å². The molecule has 2 heterocycles. The maximum absolute atomic E-state index is 12.2. The van der Waals surface area contributed by atoms with Crippen LogP contribution in [-0.4, -0.2) is 81.7 Å². The number of morpholine rings is 1. The molecule has 1 saturated heterocycles. The molecule has 136 valence electrons. The summed E-state index contributed by atoms with van der Waals surface area (Å²) in [6, 6.07) is 6.50. The van der Waals surface area contributed by atoms with Crippen LogP contribution in [0.1, 0.15) is 20.7 Å². The van der Waals surface area contributed by atoms with Crippen LogP contribution < -0.4 is 4.72 Å². The zero-order valence-corrected chi connectivity index (χ0v) is 14.6. The lowest BCUT2D eigenvalue weighted by Gasteiger charge is -2.26. The molecule has 0 saturated carbocycles. The molecular weight excluding hydrogens is 346 g/mol. The summed E-state index contributed by atoms with van der Waals surface area (Å²) >= 11 is 0. The van der Waals surface area contributed by atoms with Crippen LogP contribution in [0.5, 0.6) is 0 Å². The summed E-state index contributed by atoms with van der Waals surface area (Å²) in [4.78, 5) is 27.5. The molecule has 8 nitrogen and oxygen atoms in total. The van der Waals surface area contributed by atoms with Crippen molar-refractivity contribution in [3.63, 3.8) is 0 Å². The average molecular weight is 367 g/mol. The van der Waals surface area contributed by atoms with Crippen LogP contribution >= 0.6 is 0 Å². The first kappa shape index (κ1) is 18.0. The number of imide groups is 1. The van der Waals surface area contributed by atoms with Crippen LogP contribution in [0.15, 0.2) is 24.3 Å². The van der Waals surface area contributed by atoms with Crippen molar-refractivity contribution in [2.24, 2.45) is 0 Å². The van der Waals surface area contributed by atoms with E-state index in [0.717, 1.165) is 18.0 Å². The number of hydrogen-bond donors (Lipinski definition) is 1. The van der Waals surface area contributed by atoms with Crippen molar-refractivity contribution in [1.29, 1.82) is 0 Å². The first-order valence-electron chi connectivity index (χ1n) is 8.20. The highest BCUT2D eigenvalue weighted by Crippen LogP contribution is 2.22. The fraction of sp³-hybridized carbons (Fsp3) is 0.500. The van der Waals surface area contributed by atoms with Crippen molar-refractivity contribution in [3.05, 3.63) is 35.4 Å². The summed E-state index contributed by atoms with van der Waals surface area (Å²) in [7, 11) is -3.56. The van der Waals surface area contributed by atoms with E-state index in [-0.39, 0.29) is 12.3 Å². The van der Waals surface area contributed by atoms with Gasteiger partial charge in [0, 0.05) is 32.7 Å². The number of sulfonamides is 1. The van der Waals surface area contributed by atoms with Gasteiger partial charge < -0.3 is 4.74 Å². The first-order valence-corrected chi connectivity index (χ1v) is 9.86. The van der Waals surface area contributed by atoms with Crippen molar-refractivity contribution < 1.29 is 22.7 Å². The molecule has 1 aromatic carbocycles. The monoisotopic (exact) mass is 367 g/mol. The van der Waals surface area contributed by atoms with E-state index in [1.165, 1.54) is 0 Å². The van der Waals surface area contributed by atoms with Gasteiger partial charge in [0.15, 0.2) is 0 Å². The quantitative estimate of drug-likeness (QED) is 0.655. The van der Waals surface area contributed by atoms with Gasteiger partial charge >= 0.3 is 0 Å². The Labute approximate surface area is 146 Å². The van der Waals surface area contributed by atoms with Gasteiger partial charge in [0.2, 0.25) is 10.0 Å². The van der Waals surface area contributed by atoms with E-state index in [0.29, 0.717) is 37.4 Å². The molecule has 1 fully saturated rings. The average Bonchev–Trinajstić information content (AvgIpc) is 2.85. The standard InChI is InChI=1S/C16H21N3O5S/c20-15-13-3-1-2-4-14(13)16(21)19(15)9-12-25(22,23)17-5-6-18-7-10-24-11-8-18/h1-4,17H,5-12H2. The largest absolute Gasteiger partial charge is 0.379 e. The minimum Gasteiger partial charge on any atom is -0.379 e. The zero-order valence-electron chi connectivity index (χ0n) is 13.8. The maximum Gasteiger partial charge on any atom is 0.261 e. The van der Waals surface area contributed by atoms with Crippen molar-refractivity contribution >= 4 is 21.8 Å². The third kappa shape index (κ3) is 4.24. The summed E-state index contributed by atoms with van der Waals surface area (Å²) in [5.74, 6) is -1.19. The molecule has 0 bridgehead atoms. The molecule has 0 atom stereocenters. The molecule has 0 spiro atoms. The van der Waals surface area contributed by atoms with Crippen LogP contribution in [0, 0.1) is 0 Å². The molecular formula is C16H21N3O5S. The SMILES string of the molecule is O=C1c2ccccc2C(=O)N1CCS(=O)(=O)NCCN1CCOCC1. The lowest BCUT2D eigenvalue weighted by Crippen LogP contribution is -2.43. The third-order valence-corrected chi connectivity index (χ3v) is 5.68. The number of hydrogen-bond acceptors (Lipinski definition) is 6. The number of amides is 2. The highest BCUT2D eigenvalue weighted by atomic mass is 32.2. The molecule has 25 heavy (non-hydrogen) atoms. The highest BCUT2D eigenvalue weighted by Gasteiger charge is 2.35. The fourth-order valence-corrected chi connectivity index (χ4v) is 3.88. The molecule has 0 aliphatic carbocycles. The van der Waals surface area contributed by atoms with Gasteiger partial charge in [-0.2, -0.15) is 0 Å². The van der Waals surface area contributed by atoms with Crippen LogP contribution in [-0.2, 0) is 14.8 Å². The smallest absolute Gasteiger partial charge is 0.261 e. The minimum atomic E-state index is -3.56. The number of fused-ring (bicyclic) bond motifs is 1. The van der Waals surface area contributed by atoms with Gasteiger partial charge in [-0.05, 0) is 12.1 Å². The van der Waals surface area contributed by atoms with E-state index in [2.05, 4.69) is 9.62 Å². The van der Waals surface area contributed by atoms with Gasteiger partial charge in [0.05, 0.1) is 30.1 Å². The Kier molecular flexibility index (Phi) is 5.48. The predicted octanol–water partition coefficient (Wildman–Crippen LogP) is -0.466. The first-order chi connectivity index (χ1) is 12.0. The molecule has 2 amide bonds. The molecule has 9 heteroatoms. The van der Waals surface area contributed by atoms with E-state index in [1.54, 1.807) is 24.3 Å². The summed E-state index contributed by atoms with van der Waals surface area (Å²) in [6.45, 7) is 3.64. The van der Waals surface area contributed by atoms with Crippen molar-refractivity contribution in [1.82, 2.24) is 14.5 Å². The minimum absolute atomic E-state index is 0.154. The van der Waals surface area contributed by atoms with Crippen molar-refractivity contribution in [2.75, 3.05) is 51.7 Å². The van der Waals surface area contributed by atoms with Gasteiger partial charge in [0.1, 0.15) is 0 Å². The van der Waals surface area contributed by atoms with E-state index in [4.69, 9.17) is 4.74 Å². The fourth-order valence-electron chi connectivity index (χ4n) is 2.91. The summed E-state index contributed by atoms with van der Waals surface area (Å²) in [6.07, 6.45) is 0. The predicted molar refractivity (Wildman–Crippen MR) is 90.9 cm³/mol. The molecule has 0 aromatic heterocycles. The second-order valence-corrected chi connectivity index (χ2v) is 7.90. The van der Waals surface area contributed by atoms with Crippen LogP contribution in [0.25, 0.3) is 0 Å². The number of carbonyl (C=O) groups excluding carboxylic acids is 2. The lowest BCUT2D eigenvalue weighted by atomic mass is 10.1. The summed E-state index contributed by atoms with van der Waals surface area (Å²) in [5, 5.41) is 0. The molecule has 1 aromatic rings. The molecule has 2 aliphatic rings. The summed E-state index contributed by atoms with van der Waals surface area (Å²) < 4.78 is 32.0. The Hall–Kier alpha value is -1.81.